The van der Waals surface area contributed by atoms with Gasteiger partial charge in [0.15, 0.2) is 11.2 Å². The van der Waals surface area contributed by atoms with Crippen molar-refractivity contribution in [1.29, 1.82) is 0 Å². The van der Waals surface area contributed by atoms with Gasteiger partial charge in [0.05, 0.1) is 11.1 Å². The molecule has 0 spiro atoms. The first kappa shape index (κ1) is 26.4. The van der Waals surface area contributed by atoms with E-state index in [1.807, 2.05) is 25.5 Å². The SMILES string of the molecule is C=C(NOc1ccc(C(F)(F)F)cc1C(=O)N=c1cc(C(C)(C)C)n(C)n1CC1CC1)C(F)(F)F. The fourth-order valence-corrected chi connectivity index (χ4v) is 3.43. The van der Waals surface area contributed by atoms with Gasteiger partial charge in [0.2, 0.25) is 0 Å². The minimum Gasteiger partial charge on any atom is -0.381 e. The summed E-state index contributed by atoms with van der Waals surface area (Å²) in [5, 5.41) is 0. The highest BCUT2D eigenvalue weighted by molar-refractivity contribution is 5.97. The van der Waals surface area contributed by atoms with Crippen LogP contribution in [-0.4, -0.2) is 21.4 Å². The molecule has 12 heteroatoms. The van der Waals surface area contributed by atoms with Crippen LogP contribution in [0.2, 0.25) is 0 Å². The maximum Gasteiger partial charge on any atom is 0.433 e. The number of rotatable bonds is 6. The van der Waals surface area contributed by atoms with E-state index in [2.05, 4.69) is 11.6 Å². The third-order valence-corrected chi connectivity index (χ3v) is 5.52. The van der Waals surface area contributed by atoms with Gasteiger partial charge in [-0.05, 0) is 37.0 Å². The van der Waals surface area contributed by atoms with Crippen LogP contribution in [0.3, 0.4) is 0 Å². The Balaban J connectivity index is 2.08. The number of aromatic nitrogens is 2. The molecule has 1 aliphatic rings. The van der Waals surface area contributed by atoms with E-state index in [-0.39, 0.29) is 10.9 Å². The largest absolute Gasteiger partial charge is 0.433 e. The third-order valence-electron chi connectivity index (χ3n) is 5.52. The minimum atomic E-state index is -4.86. The molecule has 0 unspecified atom stereocenters. The number of halogens is 6. The van der Waals surface area contributed by atoms with Crippen molar-refractivity contribution in [1.82, 2.24) is 14.8 Å². The van der Waals surface area contributed by atoms with Crippen LogP contribution in [0.15, 0.2) is 41.5 Å². The smallest absolute Gasteiger partial charge is 0.381 e. The fourth-order valence-electron chi connectivity index (χ4n) is 3.43. The van der Waals surface area contributed by atoms with E-state index in [1.165, 1.54) is 5.48 Å². The summed E-state index contributed by atoms with van der Waals surface area (Å²) in [4.78, 5) is 21.9. The normalized spacial score (nSPS) is 15.3. The Bertz CT molecular complexity index is 1190. The number of carbonyl (C=O) groups is 1. The fraction of sp³-hybridized carbons (Fsp3) is 0.478. The van der Waals surface area contributed by atoms with Crippen LogP contribution in [0.4, 0.5) is 26.3 Å². The molecular formula is C23H26F6N4O2. The minimum absolute atomic E-state index is 0.227. The van der Waals surface area contributed by atoms with Gasteiger partial charge in [0.1, 0.15) is 5.70 Å². The number of hydrogen-bond acceptors (Lipinski definition) is 3. The Labute approximate surface area is 197 Å². The molecule has 1 aromatic heterocycles. The molecule has 0 saturated heterocycles. The predicted molar refractivity (Wildman–Crippen MR) is 115 cm³/mol. The van der Waals surface area contributed by atoms with Crippen molar-refractivity contribution in [3.63, 3.8) is 0 Å². The molecule has 0 atom stereocenters. The van der Waals surface area contributed by atoms with Gasteiger partial charge in [0.25, 0.3) is 5.91 Å². The molecule has 0 radical (unpaired) electrons. The highest BCUT2D eigenvalue weighted by Gasteiger charge is 2.35. The second-order valence-electron chi connectivity index (χ2n) is 9.49. The number of benzene rings is 1. The van der Waals surface area contributed by atoms with Crippen molar-refractivity contribution in [2.45, 2.75) is 57.9 Å². The lowest BCUT2D eigenvalue weighted by molar-refractivity contribution is -0.137. The maximum atomic E-state index is 13.3. The quantitative estimate of drug-likeness (QED) is 0.432. The summed E-state index contributed by atoms with van der Waals surface area (Å²) >= 11 is 0. The van der Waals surface area contributed by atoms with Gasteiger partial charge in [-0.25, -0.2) is 5.48 Å². The van der Waals surface area contributed by atoms with Gasteiger partial charge >= 0.3 is 12.4 Å². The average molecular weight is 504 g/mol. The highest BCUT2D eigenvalue weighted by atomic mass is 19.4. The van der Waals surface area contributed by atoms with E-state index < -0.39 is 40.8 Å². The van der Waals surface area contributed by atoms with Crippen molar-refractivity contribution >= 4 is 5.91 Å². The average Bonchev–Trinajstić information content (AvgIpc) is 3.49. The molecule has 35 heavy (non-hydrogen) atoms. The summed E-state index contributed by atoms with van der Waals surface area (Å²) in [6.07, 6.45) is -7.63. The molecule has 1 heterocycles. The lowest BCUT2D eigenvalue weighted by atomic mass is 9.92. The van der Waals surface area contributed by atoms with Crippen LogP contribution in [-0.2, 0) is 25.2 Å². The summed E-state index contributed by atoms with van der Waals surface area (Å²) in [5.41, 5.74) is -1.03. The second-order valence-corrected chi connectivity index (χ2v) is 9.49. The van der Waals surface area contributed by atoms with Gasteiger partial charge in [-0.2, -0.15) is 31.3 Å². The number of hydrogen-bond donors (Lipinski definition) is 1. The molecule has 0 bridgehead atoms. The van der Waals surface area contributed by atoms with Crippen molar-refractivity contribution in [3.8, 4) is 5.75 Å². The lowest BCUT2D eigenvalue weighted by Crippen LogP contribution is -2.29. The van der Waals surface area contributed by atoms with Gasteiger partial charge in [-0.15, -0.1) is 0 Å². The van der Waals surface area contributed by atoms with Crippen LogP contribution in [0.5, 0.6) is 5.75 Å². The molecular weight excluding hydrogens is 478 g/mol. The Morgan fingerprint density at radius 3 is 2.29 bits per heavy atom. The van der Waals surface area contributed by atoms with Crippen LogP contribution in [0.25, 0.3) is 0 Å². The summed E-state index contributed by atoms with van der Waals surface area (Å²) in [6.45, 7) is 9.23. The number of nitrogens with zero attached hydrogens (tertiary/aromatic N) is 3. The molecule has 1 N–H and O–H groups in total. The molecule has 1 aromatic carbocycles. The Kier molecular flexibility index (Phi) is 6.89. The molecule has 192 valence electrons. The van der Waals surface area contributed by atoms with Gasteiger partial charge in [-0.1, -0.05) is 27.4 Å². The van der Waals surface area contributed by atoms with E-state index in [0.717, 1.165) is 24.6 Å². The number of carbonyl (C=O) groups excluding carboxylic acids is 1. The number of alkyl halides is 6. The lowest BCUT2D eigenvalue weighted by Gasteiger charge is -2.20. The number of nitrogens with one attached hydrogen (secondary N) is 1. The van der Waals surface area contributed by atoms with Crippen LogP contribution < -0.4 is 15.8 Å². The summed E-state index contributed by atoms with van der Waals surface area (Å²) in [5.74, 6) is -1.26. The van der Waals surface area contributed by atoms with Gasteiger partial charge in [-0.3, -0.25) is 14.2 Å². The third kappa shape index (κ3) is 6.29. The molecule has 2 aromatic rings. The Morgan fingerprint density at radius 1 is 1.14 bits per heavy atom. The standard InChI is InChI=1S/C23H26F6N4O2/c1-13(22(24,25)26)31-35-17-9-8-15(23(27,28)29)10-16(17)20(34)30-19-11-18(21(2,3)4)32(5)33(19)12-14-6-7-14/h8-11,14,31H,1,6-7,12H2,2-5H3. The van der Waals surface area contributed by atoms with Crippen LogP contribution >= 0.6 is 0 Å². The molecule has 0 aliphatic heterocycles. The monoisotopic (exact) mass is 504 g/mol. The topological polar surface area (TPSA) is 60.5 Å². The predicted octanol–water partition coefficient (Wildman–Crippen LogP) is 5.25. The molecule has 1 aliphatic carbocycles. The molecule has 1 amide bonds. The maximum absolute atomic E-state index is 13.3. The summed E-state index contributed by atoms with van der Waals surface area (Å²) < 4.78 is 81.7. The first-order valence-electron chi connectivity index (χ1n) is 10.7. The highest BCUT2D eigenvalue weighted by Crippen LogP contribution is 2.34. The van der Waals surface area contributed by atoms with E-state index in [0.29, 0.717) is 24.6 Å². The van der Waals surface area contributed by atoms with Crippen molar-refractivity contribution in [3.05, 3.63) is 58.8 Å². The van der Waals surface area contributed by atoms with Crippen LogP contribution in [0.1, 0.15) is 55.2 Å². The van der Waals surface area contributed by atoms with E-state index in [9.17, 15) is 31.1 Å². The zero-order chi connectivity index (χ0) is 26.3. The van der Waals surface area contributed by atoms with Crippen molar-refractivity contribution < 1.29 is 36.0 Å². The Hall–Kier alpha value is -3.18. The number of allylic oxidation sites excluding steroid dienone is 1. The van der Waals surface area contributed by atoms with Crippen molar-refractivity contribution in [2.24, 2.45) is 18.0 Å². The molecule has 6 nitrogen and oxygen atoms in total. The number of amides is 1. The first-order chi connectivity index (χ1) is 16.0. The van der Waals surface area contributed by atoms with Crippen molar-refractivity contribution in [2.75, 3.05) is 0 Å². The van der Waals surface area contributed by atoms with E-state index in [1.54, 1.807) is 17.8 Å². The van der Waals surface area contributed by atoms with E-state index >= 15 is 0 Å². The van der Waals surface area contributed by atoms with Crippen LogP contribution in [0, 0.1) is 5.92 Å². The molecule has 3 rings (SSSR count). The Morgan fingerprint density at radius 2 is 1.77 bits per heavy atom. The van der Waals surface area contributed by atoms with Gasteiger partial charge < -0.3 is 4.84 Å². The summed E-state index contributed by atoms with van der Waals surface area (Å²) in [6, 6.07) is 3.53. The summed E-state index contributed by atoms with van der Waals surface area (Å²) in [7, 11) is 1.80. The van der Waals surface area contributed by atoms with E-state index in [4.69, 9.17) is 4.84 Å². The van der Waals surface area contributed by atoms with Gasteiger partial charge in [0, 0.05) is 30.8 Å². The number of hydroxylamine groups is 1. The molecule has 1 saturated carbocycles. The zero-order valence-corrected chi connectivity index (χ0v) is 19.6. The molecule has 1 fully saturated rings. The zero-order valence-electron chi connectivity index (χ0n) is 19.6. The second kappa shape index (κ2) is 9.12. The first-order valence-corrected chi connectivity index (χ1v) is 10.7.